The summed E-state index contributed by atoms with van der Waals surface area (Å²) in [5.74, 6) is 0.562. The van der Waals surface area contributed by atoms with Crippen LogP contribution in [0.25, 0.3) is 0 Å². The second-order valence-electron chi connectivity index (χ2n) is 4.78. The summed E-state index contributed by atoms with van der Waals surface area (Å²) in [4.78, 5) is 7.13. The zero-order valence-corrected chi connectivity index (χ0v) is 12.5. The molecule has 0 saturated heterocycles. The van der Waals surface area contributed by atoms with Gasteiger partial charge in [-0.2, -0.15) is 0 Å². The van der Waals surface area contributed by atoms with Crippen molar-refractivity contribution in [2.24, 2.45) is 0 Å². The lowest BCUT2D eigenvalue weighted by atomic mass is 10.1. The van der Waals surface area contributed by atoms with Crippen LogP contribution in [0.2, 0.25) is 0 Å². The summed E-state index contributed by atoms with van der Waals surface area (Å²) in [6.07, 6.45) is 3.23. The fourth-order valence-corrected chi connectivity index (χ4v) is 3.56. The minimum absolute atomic E-state index is 0.202. The molecule has 20 heavy (non-hydrogen) atoms. The Morgan fingerprint density at radius 3 is 2.65 bits per heavy atom. The Hall–Kier alpha value is -1.86. The van der Waals surface area contributed by atoms with Crippen LogP contribution in [0.1, 0.15) is 29.9 Å². The van der Waals surface area contributed by atoms with E-state index in [0.717, 1.165) is 5.56 Å². The Morgan fingerprint density at radius 2 is 2.05 bits per heavy atom. The van der Waals surface area contributed by atoms with Crippen LogP contribution in [0.15, 0.2) is 29.4 Å². The second-order valence-corrected chi connectivity index (χ2v) is 6.46. The van der Waals surface area contributed by atoms with Gasteiger partial charge in [0.1, 0.15) is 5.82 Å². The van der Waals surface area contributed by atoms with Crippen molar-refractivity contribution in [3.63, 3.8) is 0 Å². The number of aryl methyl sites for hydroxylation is 1. The summed E-state index contributed by atoms with van der Waals surface area (Å²) in [6.45, 7) is 5.33. The molecule has 0 spiro atoms. The van der Waals surface area contributed by atoms with E-state index in [2.05, 4.69) is 14.7 Å². The van der Waals surface area contributed by atoms with Gasteiger partial charge in [-0.05, 0) is 44.0 Å². The molecule has 6 nitrogen and oxygen atoms in total. The molecular formula is C13H18N4O2S. The molecule has 0 aliphatic heterocycles. The first-order valence-electron chi connectivity index (χ1n) is 6.19. The highest BCUT2D eigenvalue weighted by molar-refractivity contribution is 7.89. The third kappa shape index (κ3) is 2.83. The number of anilines is 1. The van der Waals surface area contributed by atoms with Gasteiger partial charge in [0.05, 0.1) is 10.9 Å². The van der Waals surface area contributed by atoms with Gasteiger partial charge >= 0.3 is 0 Å². The minimum atomic E-state index is -3.65. The number of nitrogens with two attached hydrogens (primary N) is 1. The van der Waals surface area contributed by atoms with Crippen molar-refractivity contribution in [3.8, 4) is 0 Å². The zero-order chi connectivity index (χ0) is 14.9. The molecule has 0 fully saturated rings. The van der Waals surface area contributed by atoms with Crippen LogP contribution >= 0.6 is 0 Å². The molecule has 1 unspecified atom stereocenters. The van der Waals surface area contributed by atoms with Crippen molar-refractivity contribution in [1.82, 2.24) is 14.7 Å². The normalized spacial score (nSPS) is 13.3. The Bertz CT molecular complexity index is 708. The molecular weight excluding hydrogens is 276 g/mol. The predicted molar refractivity (Wildman–Crippen MR) is 77.7 cm³/mol. The Kier molecular flexibility index (Phi) is 3.82. The van der Waals surface area contributed by atoms with Gasteiger partial charge < -0.3 is 10.7 Å². The smallest absolute Gasteiger partial charge is 0.241 e. The summed E-state index contributed by atoms with van der Waals surface area (Å²) >= 11 is 0. The van der Waals surface area contributed by atoms with E-state index >= 15 is 0 Å². The molecule has 7 heteroatoms. The van der Waals surface area contributed by atoms with E-state index in [1.165, 1.54) is 6.07 Å². The number of rotatable bonds is 4. The molecule has 0 amide bonds. The number of aromatic nitrogens is 2. The van der Waals surface area contributed by atoms with Crippen LogP contribution in [0, 0.1) is 13.8 Å². The maximum absolute atomic E-state index is 12.5. The van der Waals surface area contributed by atoms with Crippen molar-refractivity contribution >= 4 is 15.7 Å². The lowest BCUT2D eigenvalue weighted by Crippen LogP contribution is -2.28. The molecule has 0 radical (unpaired) electrons. The number of H-pyrrole nitrogens is 1. The predicted octanol–water partition coefficient (Wildman–Crippen LogP) is 1.65. The molecule has 1 aromatic carbocycles. The molecule has 0 aliphatic rings. The van der Waals surface area contributed by atoms with E-state index < -0.39 is 16.1 Å². The molecule has 4 N–H and O–H groups in total. The average Bonchev–Trinajstić information content (AvgIpc) is 2.86. The zero-order valence-electron chi connectivity index (χ0n) is 11.6. The second kappa shape index (κ2) is 5.26. The molecule has 1 heterocycles. The number of benzene rings is 1. The van der Waals surface area contributed by atoms with Crippen molar-refractivity contribution in [3.05, 3.63) is 41.5 Å². The van der Waals surface area contributed by atoms with Crippen LogP contribution < -0.4 is 10.5 Å². The quantitative estimate of drug-likeness (QED) is 0.746. The van der Waals surface area contributed by atoms with Crippen molar-refractivity contribution in [2.45, 2.75) is 31.7 Å². The van der Waals surface area contributed by atoms with Crippen LogP contribution in [0.4, 0.5) is 5.69 Å². The first kappa shape index (κ1) is 14.5. The first-order chi connectivity index (χ1) is 9.31. The average molecular weight is 294 g/mol. The van der Waals surface area contributed by atoms with Gasteiger partial charge in [0.25, 0.3) is 0 Å². The van der Waals surface area contributed by atoms with Gasteiger partial charge in [0, 0.05) is 18.1 Å². The van der Waals surface area contributed by atoms with Crippen molar-refractivity contribution in [1.29, 1.82) is 0 Å². The van der Waals surface area contributed by atoms with Crippen LogP contribution in [-0.2, 0) is 10.0 Å². The number of nitrogens with one attached hydrogen (secondary N) is 2. The Morgan fingerprint density at radius 1 is 1.35 bits per heavy atom. The van der Waals surface area contributed by atoms with Crippen LogP contribution in [0.3, 0.4) is 0 Å². The highest BCUT2D eigenvalue weighted by atomic mass is 32.2. The highest BCUT2D eigenvalue weighted by Crippen LogP contribution is 2.23. The largest absolute Gasteiger partial charge is 0.399 e. The van der Waals surface area contributed by atoms with Crippen LogP contribution in [-0.4, -0.2) is 18.4 Å². The minimum Gasteiger partial charge on any atom is -0.399 e. The number of sulfonamides is 1. The summed E-state index contributed by atoms with van der Waals surface area (Å²) in [6, 6.07) is 2.78. The molecule has 108 valence electrons. The van der Waals surface area contributed by atoms with Crippen molar-refractivity contribution < 1.29 is 8.42 Å². The van der Waals surface area contributed by atoms with E-state index in [4.69, 9.17) is 5.73 Å². The Balaban J connectivity index is 2.36. The number of aromatic amines is 1. The molecule has 0 saturated carbocycles. The molecule has 0 aliphatic carbocycles. The number of hydrogen-bond donors (Lipinski definition) is 3. The lowest BCUT2D eigenvalue weighted by molar-refractivity contribution is 0.560. The van der Waals surface area contributed by atoms with Crippen molar-refractivity contribution in [2.75, 3.05) is 5.73 Å². The van der Waals surface area contributed by atoms with E-state index in [-0.39, 0.29) is 4.90 Å². The molecule has 1 aromatic heterocycles. The van der Waals surface area contributed by atoms with E-state index in [1.807, 2.05) is 6.92 Å². The third-order valence-electron chi connectivity index (χ3n) is 3.19. The van der Waals surface area contributed by atoms with E-state index in [9.17, 15) is 8.42 Å². The maximum atomic E-state index is 12.5. The van der Waals surface area contributed by atoms with Gasteiger partial charge in [-0.25, -0.2) is 18.1 Å². The number of nitrogens with zero attached hydrogens (tertiary/aromatic N) is 1. The van der Waals surface area contributed by atoms with Gasteiger partial charge in [0.2, 0.25) is 10.0 Å². The van der Waals surface area contributed by atoms with Gasteiger partial charge in [-0.15, -0.1) is 0 Å². The highest BCUT2D eigenvalue weighted by Gasteiger charge is 2.22. The van der Waals surface area contributed by atoms with Gasteiger partial charge in [-0.1, -0.05) is 0 Å². The summed E-state index contributed by atoms with van der Waals surface area (Å²) < 4.78 is 27.5. The van der Waals surface area contributed by atoms with Crippen LogP contribution in [0.5, 0.6) is 0 Å². The summed E-state index contributed by atoms with van der Waals surface area (Å²) in [5, 5.41) is 0. The summed E-state index contributed by atoms with van der Waals surface area (Å²) in [7, 11) is -3.65. The maximum Gasteiger partial charge on any atom is 0.241 e. The number of nitrogen functional groups attached to an aromatic ring is 1. The van der Waals surface area contributed by atoms with E-state index in [1.54, 1.807) is 32.3 Å². The Labute approximate surface area is 118 Å². The topological polar surface area (TPSA) is 101 Å². The molecule has 0 bridgehead atoms. The lowest BCUT2D eigenvalue weighted by Gasteiger charge is -2.15. The number of hydrogen-bond acceptors (Lipinski definition) is 4. The third-order valence-corrected chi connectivity index (χ3v) is 4.86. The first-order valence-corrected chi connectivity index (χ1v) is 7.68. The molecule has 2 aromatic rings. The van der Waals surface area contributed by atoms with E-state index in [0.29, 0.717) is 17.1 Å². The molecule has 2 rings (SSSR count). The summed E-state index contributed by atoms with van der Waals surface area (Å²) in [5.41, 5.74) is 7.71. The monoisotopic (exact) mass is 294 g/mol. The number of imidazole rings is 1. The van der Waals surface area contributed by atoms with Gasteiger partial charge in [-0.3, -0.25) is 0 Å². The fourth-order valence-electron chi connectivity index (χ4n) is 2.00. The molecule has 1 atom stereocenters. The van der Waals surface area contributed by atoms with Gasteiger partial charge in [0.15, 0.2) is 0 Å². The fraction of sp³-hybridized carbons (Fsp3) is 0.308. The SMILES string of the molecule is Cc1cc(N)cc(S(=O)(=O)NC(C)c2ncc[nH]2)c1C. The standard InChI is InChI=1S/C13H18N4O2S/c1-8-6-11(14)7-12(9(8)2)20(18,19)17-10(3)13-15-4-5-16-13/h4-7,10,17H,14H2,1-3H3,(H,15,16).